The smallest absolute Gasteiger partial charge is 0.0759 e. The third-order valence-corrected chi connectivity index (χ3v) is 3.95. The molecule has 22 heavy (non-hydrogen) atoms. The van der Waals surface area contributed by atoms with Crippen molar-refractivity contribution in [3.8, 4) is 5.75 Å². The van der Waals surface area contributed by atoms with Gasteiger partial charge in [-0.25, -0.2) is 0 Å². The zero-order chi connectivity index (χ0) is 15.8. The molecule has 1 aliphatic rings. The maximum Gasteiger partial charge on any atom is 0.0759 e. The molecule has 0 bridgehead atoms. The molecule has 0 fully saturated rings. The van der Waals surface area contributed by atoms with Gasteiger partial charge in [0.05, 0.1) is 12.9 Å². The van der Waals surface area contributed by atoms with E-state index in [0.717, 1.165) is 17.7 Å². The van der Waals surface area contributed by atoms with Gasteiger partial charge < -0.3 is 4.74 Å². The molecule has 0 saturated carbocycles. The Hall–Kier alpha value is -0.617. The van der Waals surface area contributed by atoms with Crippen molar-refractivity contribution in [3.63, 3.8) is 0 Å². The average molecular weight is 375 g/mol. The Bertz CT molecular complexity index is 595. The first kappa shape index (κ1) is 19.4. The van der Waals surface area contributed by atoms with E-state index in [0.29, 0.717) is 0 Å². The molecule has 0 spiro atoms. The fourth-order valence-electron chi connectivity index (χ4n) is 2.63. The van der Waals surface area contributed by atoms with Crippen LogP contribution < -0.4 is 4.74 Å². The summed E-state index contributed by atoms with van der Waals surface area (Å²) < 4.78 is 5.79. The van der Waals surface area contributed by atoms with Crippen LogP contribution in [-0.2, 0) is 37.0 Å². The van der Waals surface area contributed by atoms with Gasteiger partial charge in [-0.15, -0.1) is 12.1 Å². The standard InChI is InChI=1S/C20H27O.Zr/c1-19(2,3)15-12-16(14-10-8-9-11-14)18(21-7)17(13-15)20(4,5)6;/h8,10,12-13H,9H2,1-7H3;/q-1;. The molecule has 0 N–H and O–H groups in total. The van der Waals surface area contributed by atoms with Crippen LogP contribution in [0.2, 0.25) is 0 Å². The van der Waals surface area contributed by atoms with E-state index < -0.39 is 0 Å². The molecule has 1 aliphatic carbocycles. The molecular formula is C20H27OZr-. The van der Waals surface area contributed by atoms with Gasteiger partial charge in [-0.3, -0.25) is 0 Å². The Morgan fingerprint density at radius 3 is 2.05 bits per heavy atom. The number of hydrogen-bond acceptors (Lipinski definition) is 1. The number of allylic oxidation sites excluding steroid dienone is 4. The molecule has 0 aromatic heterocycles. The summed E-state index contributed by atoms with van der Waals surface area (Å²) in [6.07, 6.45) is 8.62. The molecule has 1 nitrogen and oxygen atoms in total. The number of benzene rings is 1. The third-order valence-electron chi connectivity index (χ3n) is 3.95. The van der Waals surface area contributed by atoms with Crippen molar-refractivity contribution in [2.45, 2.75) is 58.8 Å². The van der Waals surface area contributed by atoms with Crippen LogP contribution in [0.3, 0.4) is 0 Å². The van der Waals surface area contributed by atoms with E-state index >= 15 is 0 Å². The van der Waals surface area contributed by atoms with E-state index in [1.807, 2.05) is 0 Å². The quantitative estimate of drug-likeness (QED) is 0.627. The average Bonchev–Trinajstić information content (AvgIpc) is 2.88. The second kappa shape index (κ2) is 6.87. The summed E-state index contributed by atoms with van der Waals surface area (Å²) >= 11 is 0. The van der Waals surface area contributed by atoms with E-state index in [4.69, 9.17) is 4.74 Å². The summed E-state index contributed by atoms with van der Waals surface area (Å²) in [6, 6.07) is 4.58. The van der Waals surface area contributed by atoms with Gasteiger partial charge in [0.25, 0.3) is 0 Å². The predicted octanol–water partition coefficient (Wildman–Crippen LogP) is 5.43. The topological polar surface area (TPSA) is 9.23 Å². The van der Waals surface area contributed by atoms with E-state index in [1.165, 1.54) is 16.7 Å². The van der Waals surface area contributed by atoms with Gasteiger partial charge in [-0.2, -0.15) is 17.7 Å². The Morgan fingerprint density at radius 2 is 1.64 bits per heavy atom. The van der Waals surface area contributed by atoms with Crippen LogP contribution in [0, 0.1) is 6.08 Å². The van der Waals surface area contributed by atoms with E-state index in [-0.39, 0.29) is 37.0 Å². The molecule has 118 valence electrons. The van der Waals surface area contributed by atoms with Crippen molar-refractivity contribution in [2.24, 2.45) is 0 Å². The van der Waals surface area contributed by atoms with E-state index in [2.05, 4.69) is 71.9 Å². The van der Waals surface area contributed by atoms with Gasteiger partial charge in [-0.1, -0.05) is 65.2 Å². The van der Waals surface area contributed by atoms with Gasteiger partial charge in [0.15, 0.2) is 0 Å². The first-order valence-corrected chi connectivity index (χ1v) is 7.65. The molecule has 0 aliphatic heterocycles. The predicted molar refractivity (Wildman–Crippen MR) is 90.8 cm³/mol. The van der Waals surface area contributed by atoms with Crippen molar-refractivity contribution in [2.75, 3.05) is 7.11 Å². The second-order valence-corrected chi connectivity index (χ2v) is 7.80. The van der Waals surface area contributed by atoms with Gasteiger partial charge in [0, 0.05) is 26.2 Å². The Labute approximate surface area is 155 Å². The van der Waals surface area contributed by atoms with Gasteiger partial charge in [-0.05, 0) is 16.4 Å². The minimum Gasteiger partial charge on any atom is -0.509 e. The molecule has 0 unspecified atom stereocenters. The minimum atomic E-state index is 0. The Morgan fingerprint density at radius 1 is 1.00 bits per heavy atom. The maximum absolute atomic E-state index is 5.79. The largest absolute Gasteiger partial charge is 0.509 e. The number of methoxy groups -OCH3 is 1. The van der Waals surface area contributed by atoms with Crippen LogP contribution in [0.5, 0.6) is 5.75 Å². The van der Waals surface area contributed by atoms with Crippen LogP contribution in [-0.4, -0.2) is 7.11 Å². The summed E-state index contributed by atoms with van der Waals surface area (Å²) in [5.74, 6) is 0.990. The van der Waals surface area contributed by atoms with Crippen molar-refractivity contribution >= 4 is 5.57 Å². The van der Waals surface area contributed by atoms with Crippen LogP contribution >= 0.6 is 0 Å². The third kappa shape index (κ3) is 4.02. The number of ether oxygens (including phenoxy) is 1. The number of hydrogen-bond donors (Lipinski definition) is 0. The normalized spacial score (nSPS) is 14.6. The summed E-state index contributed by atoms with van der Waals surface area (Å²) in [7, 11) is 1.77. The van der Waals surface area contributed by atoms with Gasteiger partial charge in [0.2, 0.25) is 0 Å². The second-order valence-electron chi connectivity index (χ2n) is 7.80. The summed E-state index contributed by atoms with van der Waals surface area (Å²) in [5, 5.41) is 0. The summed E-state index contributed by atoms with van der Waals surface area (Å²) in [4.78, 5) is 0. The molecule has 0 heterocycles. The summed E-state index contributed by atoms with van der Waals surface area (Å²) in [5.41, 5.74) is 5.10. The fourth-order valence-corrected chi connectivity index (χ4v) is 2.63. The van der Waals surface area contributed by atoms with Crippen molar-refractivity contribution in [3.05, 3.63) is 47.1 Å². The molecule has 2 heteroatoms. The van der Waals surface area contributed by atoms with Crippen molar-refractivity contribution in [1.29, 1.82) is 0 Å². The molecular weight excluding hydrogens is 347 g/mol. The molecule has 2 rings (SSSR count). The first-order valence-electron chi connectivity index (χ1n) is 7.65. The van der Waals surface area contributed by atoms with Crippen molar-refractivity contribution < 1.29 is 30.9 Å². The zero-order valence-electron chi connectivity index (χ0n) is 14.9. The molecule has 1 aromatic rings. The first-order chi connectivity index (χ1) is 9.64. The van der Waals surface area contributed by atoms with Crippen LogP contribution in [0.1, 0.15) is 64.7 Å². The molecule has 0 amide bonds. The van der Waals surface area contributed by atoms with Crippen LogP contribution in [0.4, 0.5) is 0 Å². The van der Waals surface area contributed by atoms with Gasteiger partial charge in [0.1, 0.15) is 0 Å². The fraction of sp³-hybridized carbons (Fsp3) is 0.500. The SMILES string of the molecule is COc1c(C2=[C-]CC=C2)cc(C(C)(C)C)cc1C(C)(C)C.[Zr]. The maximum atomic E-state index is 5.79. The molecule has 0 atom stereocenters. The summed E-state index contributed by atoms with van der Waals surface area (Å²) in [6.45, 7) is 13.5. The minimum absolute atomic E-state index is 0. The Kier molecular flexibility index (Phi) is 6.07. The van der Waals surface area contributed by atoms with Crippen LogP contribution in [0.15, 0.2) is 24.3 Å². The number of rotatable bonds is 2. The molecule has 1 aromatic carbocycles. The Balaban J connectivity index is 0.00000242. The van der Waals surface area contributed by atoms with Crippen molar-refractivity contribution in [1.82, 2.24) is 0 Å². The molecule has 0 saturated heterocycles. The molecule has 0 radical (unpaired) electrons. The monoisotopic (exact) mass is 373 g/mol. The van der Waals surface area contributed by atoms with Gasteiger partial charge >= 0.3 is 0 Å². The zero-order valence-corrected chi connectivity index (χ0v) is 17.4. The van der Waals surface area contributed by atoms with Crippen LogP contribution in [0.25, 0.3) is 5.57 Å². The van der Waals surface area contributed by atoms with E-state index in [9.17, 15) is 0 Å². The van der Waals surface area contributed by atoms with E-state index in [1.54, 1.807) is 7.11 Å².